The maximum Gasteiger partial charge on any atom is 0.121 e. The minimum Gasteiger partial charge on any atom is -0.497 e. The fraction of sp³-hybridized carbons (Fsp3) is 0.333. The topological polar surface area (TPSA) is 47.3 Å². The molecule has 1 aromatic heterocycles. The van der Waals surface area contributed by atoms with Gasteiger partial charge >= 0.3 is 0 Å². The van der Waals surface area contributed by atoms with Crippen LogP contribution in [-0.4, -0.2) is 7.11 Å². The van der Waals surface area contributed by atoms with Crippen LogP contribution >= 0.6 is 11.3 Å². The zero-order valence-corrected chi connectivity index (χ0v) is 12.2. The number of anilines is 2. The number of hydrogen-bond acceptors (Lipinski definition) is 4. The fourth-order valence-electron chi connectivity index (χ4n) is 2.04. The van der Waals surface area contributed by atoms with Crippen molar-refractivity contribution in [3.63, 3.8) is 0 Å². The minimum atomic E-state index is 0.305. The molecule has 1 heterocycles. The van der Waals surface area contributed by atoms with Crippen LogP contribution in [0.3, 0.4) is 0 Å². The zero-order valence-electron chi connectivity index (χ0n) is 11.3. The van der Waals surface area contributed by atoms with Gasteiger partial charge in [-0.3, -0.25) is 0 Å². The quantitative estimate of drug-likeness (QED) is 0.774. The second-order valence-corrected chi connectivity index (χ2v) is 5.43. The van der Waals surface area contributed by atoms with Crippen molar-refractivity contribution in [2.24, 2.45) is 0 Å². The Balaban J connectivity index is 2.21. The molecule has 3 nitrogen and oxygen atoms in total. The normalized spacial score (nSPS) is 12.1. The van der Waals surface area contributed by atoms with Gasteiger partial charge in [0.25, 0.3) is 0 Å². The highest BCUT2D eigenvalue weighted by Crippen LogP contribution is 2.31. The second-order valence-electron chi connectivity index (χ2n) is 4.45. The van der Waals surface area contributed by atoms with Crippen LogP contribution in [0.1, 0.15) is 30.7 Å². The van der Waals surface area contributed by atoms with Gasteiger partial charge in [-0.1, -0.05) is 19.4 Å². The molecule has 19 heavy (non-hydrogen) atoms. The number of thiophene rings is 1. The van der Waals surface area contributed by atoms with Gasteiger partial charge in [0.05, 0.1) is 24.5 Å². The molecular formula is C15H20N2OS. The number of benzene rings is 1. The van der Waals surface area contributed by atoms with Gasteiger partial charge in [-0.25, -0.2) is 0 Å². The number of rotatable bonds is 6. The van der Waals surface area contributed by atoms with Crippen molar-refractivity contribution in [3.8, 4) is 5.75 Å². The summed E-state index contributed by atoms with van der Waals surface area (Å²) in [5, 5.41) is 5.64. The predicted molar refractivity (Wildman–Crippen MR) is 83.0 cm³/mol. The Bertz CT molecular complexity index is 511. The molecular weight excluding hydrogens is 256 g/mol. The molecule has 1 unspecified atom stereocenters. The summed E-state index contributed by atoms with van der Waals surface area (Å²) in [7, 11) is 1.66. The summed E-state index contributed by atoms with van der Waals surface area (Å²) in [6.45, 7) is 2.19. The van der Waals surface area contributed by atoms with Crippen LogP contribution < -0.4 is 15.8 Å². The van der Waals surface area contributed by atoms with Crippen LogP contribution in [0.25, 0.3) is 0 Å². The number of hydrogen-bond donors (Lipinski definition) is 2. The first kappa shape index (κ1) is 13.7. The molecule has 2 rings (SSSR count). The maximum absolute atomic E-state index is 6.03. The summed E-state index contributed by atoms with van der Waals surface area (Å²) in [6, 6.07) is 10.2. The van der Waals surface area contributed by atoms with Gasteiger partial charge in [0, 0.05) is 10.9 Å². The lowest BCUT2D eigenvalue weighted by molar-refractivity contribution is 0.415. The third-order valence-electron chi connectivity index (χ3n) is 3.05. The van der Waals surface area contributed by atoms with Gasteiger partial charge in [0.1, 0.15) is 5.75 Å². The van der Waals surface area contributed by atoms with E-state index >= 15 is 0 Å². The van der Waals surface area contributed by atoms with Gasteiger partial charge in [-0.2, -0.15) is 0 Å². The van der Waals surface area contributed by atoms with Gasteiger partial charge in [0.2, 0.25) is 0 Å². The summed E-state index contributed by atoms with van der Waals surface area (Å²) < 4.78 is 5.25. The number of ether oxygens (including phenoxy) is 1. The Kier molecular flexibility index (Phi) is 4.68. The molecule has 0 aliphatic rings. The summed E-state index contributed by atoms with van der Waals surface area (Å²) in [5.41, 5.74) is 7.71. The summed E-state index contributed by atoms with van der Waals surface area (Å²) in [5.74, 6) is 0.818. The molecule has 0 aliphatic carbocycles. The average molecular weight is 276 g/mol. The minimum absolute atomic E-state index is 0.305. The van der Waals surface area contributed by atoms with Crippen LogP contribution in [0.5, 0.6) is 5.75 Å². The number of nitrogens with two attached hydrogens (primary N) is 1. The molecule has 0 saturated heterocycles. The summed E-state index contributed by atoms with van der Waals surface area (Å²) in [6.07, 6.45) is 2.20. The van der Waals surface area contributed by atoms with Crippen molar-refractivity contribution in [2.75, 3.05) is 18.2 Å². The highest BCUT2D eigenvalue weighted by molar-refractivity contribution is 7.10. The van der Waals surface area contributed by atoms with Crippen molar-refractivity contribution in [3.05, 3.63) is 40.6 Å². The van der Waals surface area contributed by atoms with Crippen molar-refractivity contribution in [1.82, 2.24) is 0 Å². The number of nitrogens with one attached hydrogen (secondary N) is 1. The second kappa shape index (κ2) is 6.48. The van der Waals surface area contributed by atoms with E-state index in [-0.39, 0.29) is 0 Å². The first-order valence-corrected chi connectivity index (χ1v) is 7.36. The van der Waals surface area contributed by atoms with E-state index < -0.39 is 0 Å². The Labute approximate surface area is 118 Å². The molecule has 0 spiro atoms. The third-order valence-corrected chi connectivity index (χ3v) is 4.04. The number of methoxy groups -OCH3 is 1. The van der Waals surface area contributed by atoms with Crippen molar-refractivity contribution >= 4 is 22.7 Å². The van der Waals surface area contributed by atoms with E-state index in [0.29, 0.717) is 6.04 Å². The van der Waals surface area contributed by atoms with E-state index in [4.69, 9.17) is 10.5 Å². The maximum atomic E-state index is 6.03. The Morgan fingerprint density at radius 1 is 1.37 bits per heavy atom. The molecule has 2 aromatic rings. The van der Waals surface area contributed by atoms with E-state index in [1.54, 1.807) is 18.4 Å². The standard InChI is InChI=1S/C15H20N2OS/c1-3-5-13(15-6-4-9-19-15)17-14-10-11(18-2)7-8-12(14)16/h4,6-10,13,17H,3,5,16H2,1-2H3. The molecule has 0 saturated carbocycles. The smallest absolute Gasteiger partial charge is 0.121 e. The van der Waals surface area contributed by atoms with E-state index in [1.807, 2.05) is 18.2 Å². The molecule has 0 bridgehead atoms. The lowest BCUT2D eigenvalue weighted by atomic mass is 10.1. The number of nitrogen functional groups attached to an aromatic ring is 1. The summed E-state index contributed by atoms with van der Waals surface area (Å²) >= 11 is 1.77. The van der Waals surface area contributed by atoms with Crippen molar-refractivity contribution < 1.29 is 4.74 Å². The Morgan fingerprint density at radius 3 is 2.84 bits per heavy atom. The first-order chi connectivity index (χ1) is 9.24. The molecule has 102 valence electrons. The van der Waals surface area contributed by atoms with Crippen LogP contribution in [0, 0.1) is 0 Å². The van der Waals surface area contributed by atoms with Crippen LogP contribution in [0.4, 0.5) is 11.4 Å². The lowest BCUT2D eigenvalue weighted by Gasteiger charge is -2.20. The molecule has 0 fully saturated rings. The molecule has 3 N–H and O–H groups in total. The van der Waals surface area contributed by atoms with Gasteiger partial charge < -0.3 is 15.8 Å². The summed E-state index contributed by atoms with van der Waals surface area (Å²) in [4.78, 5) is 1.34. The highest BCUT2D eigenvalue weighted by Gasteiger charge is 2.13. The highest BCUT2D eigenvalue weighted by atomic mass is 32.1. The molecule has 0 radical (unpaired) electrons. The van der Waals surface area contributed by atoms with E-state index in [0.717, 1.165) is 30.0 Å². The van der Waals surface area contributed by atoms with E-state index in [1.165, 1.54) is 4.88 Å². The van der Waals surface area contributed by atoms with Gasteiger partial charge in [-0.05, 0) is 30.0 Å². The molecule has 0 amide bonds. The largest absolute Gasteiger partial charge is 0.497 e. The molecule has 4 heteroatoms. The van der Waals surface area contributed by atoms with Crippen LogP contribution in [0.15, 0.2) is 35.7 Å². The molecule has 1 atom stereocenters. The Hall–Kier alpha value is -1.68. The lowest BCUT2D eigenvalue weighted by Crippen LogP contribution is -2.10. The average Bonchev–Trinajstić information content (AvgIpc) is 2.94. The van der Waals surface area contributed by atoms with Crippen LogP contribution in [0.2, 0.25) is 0 Å². The molecule has 0 aliphatic heterocycles. The van der Waals surface area contributed by atoms with Crippen LogP contribution in [-0.2, 0) is 0 Å². The fourth-order valence-corrected chi connectivity index (χ4v) is 2.85. The van der Waals surface area contributed by atoms with E-state index in [9.17, 15) is 0 Å². The molecule has 1 aromatic carbocycles. The predicted octanol–water partition coefficient (Wildman–Crippen LogP) is 4.29. The SMILES string of the molecule is CCCC(Nc1cc(OC)ccc1N)c1cccs1. The Morgan fingerprint density at radius 2 is 2.21 bits per heavy atom. The monoisotopic (exact) mass is 276 g/mol. The van der Waals surface area contributed by atoms with Crippen molar-refractivity contribution in [1.29, 1.82) is 0 Å². The van der Waals surface area contributed by atoms with Crippen molar-refractivity contribution in [2.45, 2.75) is 25.8 Å². The zero-order chi connectivity index (χ0) is 13.7. The first-order valence-electron chi connectivity index (χ1n) is 6.48. The third kappa shape index (κ3) is 3.41. The van der Waals surface area contributed by atoms with E-state index in [2.05, 4.69) is 29.8 Å². The van der Waals surface area contributed by atoms with Gasteiger partial charge in [-0.15, -0.1) is 11.3 Å². The van der Waals surface area contributed by atoms with Gasteiger partial charge in [0.15, 0.2) is 0 Å².